The maximum Gasteiger partial charge on any atom is 0.204 e. The van der Waals surface area contributed by atoms with Crippen LogP contribution in [-0.2, 0) is 16.4 Å². The highest BCUT2D eigenvalue weighted by molar-refractivity contribution is 7.90. The highest BCUT2D eigenvalue weighted by Crippen LogP contribution is 2.11. The standard InChI is InChI=1S/C12H17N5O2S/c1-20(18,19)10-8-13-7-9-17-15-12(14-16-17)11-5-3-2-4-6-11/h2-6,13H,7-10H2,1H3. The first-order valence-corrected chi connectivity index (χ1v) is 8.32. The number of sulfone groups is 1. The van der Waals surface area contributed by atoms with Crippen molar-refractivity contribution in [3.63, 3.8) is 0 Å². The summed E-state index contributed by atoms with van der Waals surface area (Å²) < 4.78 is 21.9. The summed E-state index contributed by atoms with van der Waals surface area (Å²) >= 11 is 0. The molecule has 0 spiro atoms. The molecule has 2 aromatic rings. The predicted octanol–water partition coefficient (Wildman–Crippen LogP) is -0.0257. The summed E-state index contributed by atoms with van der Waals surface area (Å²) in [5, 5.41) is 15.2. The molecule has 0 saturated heterocycles. The molecule has 0 atom stereocenters. The quantitative estimate of drug-likeness (QED) is 0.722. The molecule has 0 amide bonds. The number of aromatic nitrogens is 4. The Balaban J connectivity index is 1.79. The lowest BCUT2D eigenvalue weighted by atomic mass is 10.2. The van der Waals surface area contributed by atoms with Gasteiger partial charge in [-0.2, -0.15) is 4.80 Å². The summed E-state index contributed by atoms with van der Waals surface area (Å²) in [4.78, 5) is 1.50. The van der Waals surface area contributed by atoms with Crippen LogP contribution in [0.25, 0.3) is 11.4 Å². The second-order valence-electron chi connectivity index (χ2n) is 4.45. The van der Waals surface area contributed by atoms with Gasteiger partial charge in [0.25, 0.3) is 0 Å². The van der Waals surface area contributed by atoms with E-state index in [1.165, 1.54) is 11.1 Å². The summed E-state index contributed by atoms with van der Waals surface area (Å²) in [5.74, 6) is 0.717. The monoisotopic (exact) mass is 295 g/mol. The Labute approximate surface area is 117 Å². The molecule has 0 aliphatic rings. The van der Waals surface area contributed by atoms with E-state index >= 15 is 0 Å². The lowest BCUT2D eigenvalue weighted by Crippen LogP contribution is -2.26. The smallest absolute Gasteiger partial charge is 0.204 e. The van der Waals surface area contributed by atoms with E-state index in [4.69, 9.17) is 0 Å². The van der Waals surface area contributed by atoms with Gasteiger partial charge < -0.3 is 5.32 Å². The van der Waals surface area contributed by atoms with Gasteiger partial charge in [-0.3, -0.25) is 0 Å². The van der Waals surface area contributed by atoms with Crippen molar-refractivity contribution in [1.82, 2.24) is 25.5 Å². The van der Waals surface area contributed by atoms with Gasteiger partial charge >= 0.3 is 0 Å². The average molecular weight is 295 g/mol. The summed E-state index contributed by atoms with van der Waals surface area (Å²) in [6, 6.07) is 9.61. The first kappa shape index (κ1) is 14.6. The fourth-order valence-electron chi connectivity index (χ4n) is 1.60. The third kappa shape index (κ3) is 4.71. The molecule has 1 N–H and O–H groups in total. The Kier molecular flexibility index (Phi) is 4.80. The van der Waals surface area contributed by atoms with E-state index in [-0.39, 0.29) is 5.75 Å². The minimum absolute atomic E-state index is 0.132. The zero-order chi connectivity index (χ0) is 14.4. The van der Waals surface area contributed by atoms with Crippen LogP contribution in [0.2, 0.25) is 0 Å². The largest absolute Gasteiger partial charge is 0.314 e. The molecule has 20 heavy (non-hydrogen) atoms. The maximum absolute atomic E-state index is 10.9. The van der Waals surface area contributed by atoms with E-state index in [0.717, 1.165) is 5.56 Å². The molecule has 0 saturated carbocycles. The predicted molar refractivity (Wildman–Crippen MR) is 75.8 cm³/mol. The van der Waals surface area contributed by atoms with Gasteiger partial charge in [0.15, 0.2) is 0 Å². The molecule has 2 rings (SSSR count). The summed E-state index contributed by atoms with van der Waals surface area (Å²) in [6.45, 7) is 1.57. The first-order chi connectivity index (χ1) is 9.54. The molecule has 1 heterocycles. The number of hydrogen-bond acceptors (Lipinski definition) is 6. The van der Waals surface area contributed by atoms with E-state index in [2.05, 4.69) is 20.7 Å². The van der Waals surface area contributed by atoms with Crippen LogP contribution in [-0.4, -0.2) is 53.7 Å². The van der Waals surface area contributed by atoms with Crippen molar-refractivity contribution in [1.29, 1.82) is 0 Å². The van der Waals surface area contributed by atoms with Crippen molar-refractivity contribution in [2.24, 2.45) is 0 Å². The van der Waals surface area contributed by atoms with Gasteiger partial charge in [-0.15, -0.1) is 10.2 Å². The average Bonchev–Trinajstić information content (AvgIpc) is 2.87. The van der Waals surface area contributed by atoms with Crippen molar-refractivity contribution in [2.45, 2.75) is 6.54 Å². The Morgan fingerprint density at radius 2 is 1.95 bits per heavy atom. The molecule has 1 aromatic heterocycles. The summed E-state index contributed by atoms with van der Waals surface area (Å²) in [5.41, 5.74) is 0.920. The van der Waals surface area contributed by atoms with Crippen molar-refractivity contribution >= 4 is 9.84 Å². The van der Waals surface area contributed by atoms with Crippen LogP contribution in [0.15, 0.2) is 30.3 Å². The molecule has 1 aromatic carbocycles. The molecule has 108 valence electrons. The van der Waals surface area contributed by atoms with E-state index in [9.17, 15) is 8.42 Å². The first-order valence-electron chi connectivity index (χ1n) is 6.26. The summed E-state index contributed by atoms with van der Waals surface area (Å²) in [7, 11) is -2.91. The van der Waals surface area contributed by atoms with Crippen LogP contribution in [0.1, 0.15) is 0 Å². The Hall–Kier alpha value is -1.80. The molecule has 0 unspecified atom stereocenters. The third-order valence-corrected chi connectivity index (χ3v) is 3.57. The van der Waals surface area contributed by atoms with Crippen LogP contribution in [0.3, 0.4) is 0 Å². The number of hydrogen-bond donors (Lipinski definition) is 1. The minimum Gasteiger partial charge on any atom is -0.314 e. The van der Waals surface area contributed by atoms with Gasteiger partial charge in [0.2, 0.25) is 5.82 Å². The second-order valence-corrected chi connectivity index (χ2v) is 6.71. The molecule has 8 heteroatoms. The highest BCUT2D eigenvalue weighted by Gasteiger charge is 2.05. The van der Waals surface area contributed by atoms with Crippen LogP contribution in [0.4, 0.5) is 0 Å². The fraction of sp³-hybridized carbons (Fsp3) is 0.417. The molecular weight excluding hydrogens is 278 g/mol. The van der Waals surface area contributed by atoms with E-state index in [1.54, 1.807) is 0 Å². The van der Waals surface area contributed by atoms with E-state index in [0.29, 0.717) is 25.5 Å². The van der Waals surface area contributed by atoms with Crippen LogP contribution in [0, 0.1) is 0 Å². The normalized spacial score (nSPS) is 11.7. The van der Waals surface area contributed by atoms with Crippen molar-refractivity contribution < 1.29 is 8.42 Å². The SMILES string of the molecule is CS(=O)(=O)CCNCCn1nnc(-c2ccccc2)n1. The van der Waals surface area contributed by atoms with Gasteiger partial charge in [-0.25, -0.2) is 8.42 Å². The number of nitrogens with one attached hydrogen (secondary N) is 1. The zero-order valence-corrected chi connectivity index (χ0v) is 12.0. The Bertz CT molecular complexity index is 639. The number of benzene rings is 1. The molecule has 0 aliphatic carbocycles. The minimum atomic E-state index is -2.91. The summed E-state index contributed by atoms with van der Waals surface area (Å²) in [6.07, 6.45) is 1.22. The van der Waals surface area contributed by atoms with Crippen molar-refractivity contribution in [3.8, 4) is 11.4 Å². The molecule has 7 nitrogen and oxygen atoms in total. The van der Waals surface area contributed by atoms with Gasteiger partial charge in [-0.1, -0.05) is 30.3 Å². The number of rotatable bonds is 7. The van der Waals surface area contributed by atoms with Gasteiger partial charge in [0.05, 0.1) is 12.3 Å². The molecule has 0 bridgehead atoms. The maximum atomic E-state index is 10.9. The van der Waals surface area contributed by atoms with Crippen LogP contribution in [0.5, 0.6) is 0 Å². The zero-order valence-electron chi connectivity index (χ0n) is 11.2. The highest BCUT2D eigenvalue weighted by atomic mass is 32.2. The molecule has 0 aliphatic heterocycles. The Morgan fingerprint density at radius 3 is 2.65 bits per heavy atom. The van der Waals surface area contributed by atoms with Crippen LogP contribution >= 0.6 is 0 Å². The number of tetrazole rings is 1. The van der Waals surface area contributed by atoms with Gasteiger partial charge in [0, 0.05) is 24.9 Å². The second kappa shape index (κ2) is 6.58. The van der Waals surface area contributed by atoms with Crippen molar-refractivity contribution in [3.05, 3.63) is 30.3 Å². The third-order valence-electron chi connectivity index (χ3n) is 2.62. The lowest BCUT2D eigenvalue weighted by molar-refractivity contribution is 0.497. The topological polar surface area (TPSA) is 89.8 Å². The molecule has 0 radical (unpaired) electrons. The molecule has 0 fully saturated rings. The van der Waals surface area contributed by atoms with Gasteiger partial charge in [0.1, 0.15) is 9.84 Å². The van der Waals surface area contributed by atoms with E-state index in [1.807, 2.05) is 30.3 Å². The van der Waals surface area contributed by atoms with Gasteiger partial charge in [-0.05, 0) is 5.21 Å². The number of nitrogens with zero attached hydrogens (tertiary/aromatic N) is 4. The lowest BCUT2D eigenvalue weighted by Gasteiger charge is -2.02. The van der Waals surface area contributed by atoms with E-state index < -0.39 is 9.84 Å². The van der Waals surface area contributed by atoms with Crippen molar-refractivity contribution in [2.75, 3.05) is 25.1 Å². The Morgan fingerprint density at radius 1 is 1.20 bits per heavy atom. The fourth-order valence-corrected chi connectivity index (χ4v) is 2.12. The molecular formula is C12H17N5O2S. The van der Waals surface area contributed by atoms with Crippen LogP contribution < -0.4 is 5.32 Å².